The van der Waals surface area contributed by atoms with E-state index in [4.69, 9.17) is 0 Å². The van der Waals surface area contributed by atoms with Crippen LogP contribution in [-0.4, -0.2) is 9.97 Å². The zero-order valence-corrected chi connectivity index (χ0v) is 7.55. The standard InChI is InChI=1S/C10H7F3N2/c11-10(12,13)9-8(14-6-15-9)7-4-2-1-3-5-7/h1-6H,(H,14,15). The highest BCUT2D eigenvalue weighted by molar-refractivity contribution is 5.62. The normalized spacial score (nSPS) is 11.7. The molecule has 1 heterocycles. The van der Waals surface area contributed by atoms with Crippen molar-refractivity contribution in [2.45, 2.75) is 6.18 Å². The number of rotatable bonds is 1. The number of nitrogens with one attached hydrogen (secondary N) is 1. The van der Waals surface area contributed by atoms with Crippen LogP contribution in [0.5, 0.6) is 0 Å². The Balaban J connectivity index is 2.51. The van der Waals surface area contributed by atoms with E-state index in [0.717, 1.165) is 6.33 Å². The molecule has 0 saturated heterocycles. The molecule has 2 rings (SSSR count). The molecule has 0 aliphatic heterocycles. The number of aromatic nitrogens is 2. The Labute approximate surface area is 83.8 Å². The number of benzene rings is 1. The van der Waals surface area contributed by atoms with Gasteiger partial charge in [-0.2, -0.15) is 13.2 Å². The largest absolute Gasteiger partial charge is 0.433 e. The lowest BCUT2D eigenvalue weighted by Gasteiger charge is -2.06. The van der Waals surface area contributed by atoms with Crippen molar-refractivity contribution in [3.8, 4) is 11.3 Å². The molecule has 1 N–H and O–H groups in total. The molecule has 0 fully saturated rings. The van der Waals surface area contributed by atoms with Gasteiger partial charge in [0.2, 0.25) is 0 Å². The van der Waals surface area contributed by atoms with E-state index in [2.05, 4.69) is 9.97 Å². The second-order valence-electron chi connectivity index (χ2n) is 2.99. The molecule has 1 aromatic heterocycles. The third kappa shape index (κ3) is 1.86. The molecule has 0 saturated carbocycles. The number of alkyl halides is 3. The predicted octanol–water partition coefficient (Wildman–Crippen LogP) is 3.10. The summed E-state index contributed by atoms with van der Waals surface area (Å²) in [7, 11) is 0. The summed E-state index contributed by atoms with van der Waals surface area (Å²) in [6.45, 7) is 0. The smallest absolute Gasteiger partial charge is 0.341 e. The molecule has 0 amide bonds. The molecule has 1 aromatic carbocycles. The third-order valence-electron chi connectivity index (χ3n) is 1.97. The molecule has 2 aromatic rings. The Hall–Kier alpha value is -1.78. The molecule has 78 valence electrons. The summed E-state index contributed by atoms with van der Waals surface area (Å²) < 4.78 is 37.5. The fourth-order valence-corrected chi connectivity index (χ4v) is 1.33. The first kappa shape index (κ1) is 9.76. The monoisotopic (exact) mass is 212 g/mol. The lowest BCUT2D eigenvalue weighted by atomic mass is 10.1. The van der Waals surface area contributed by atoms with E-state index < -0.39 is 11.9 Å². The topological polar surface area (TPSA) is 28.7 Å². The lowest BCUT2D eigenvalue weighted by Crippen LogP contribution is -2.07. The van der Waals surface area contributed by atoms with Gasteiger partial charge in [-0.25, -0.2) is 4.98 Å². The minimum absolute atomic E-state index is 0.0666. The van der Waals surface area contributed by atoms with E-state index in [-0.39, 0.29) is 5.69 Å². The Morgan fingerprint density at radius 3 is 2.33 bits per heavy atom. The minimum Gasteiger partial charge on any atom is -0.341 e. The summed E-state index contributed by atoms with van der Waals surface area (Å²) in [5.74, 6) is 0. The average Bonchev–Trinajstić information content (AvgIpc) is 2.67. The van der Waals surface area contributed by atoms with Gasteiger partial charge in [0, 0.05) is 5.56 Å². The molecule has 2 nitrogen and oxygen atoms in total. The fourth-order valence-electron chi connectivity index (χ4n) is 1.33. The summed E-state index contributed by atoms with van der Waals surface area (Å²) in [4.78, 5) is 5.79. The van der Waals surface area contributed by atoms with Crippen LogP contribution in [0.3, 0.4) is 0 Å². The highest BCUT2D eigenvalue weighted by Crippen LogP contribution is 2.34. The molecule has 5 heteroatoms. The van der Waals surface area contributed by atoms with Crippen LogP contribution in [0.4, 0.5) is 13.2 Å². The van der Waals surface area contributed by atoms with Crippen molar-refractivity contribution in [3.05, 3.63) is 42.4 Å². The molecular formula is C10H7F3N2. The molecule has 0 unspecified atom stereocenters. The number of imidazole rings is 1. The maximum absolute atomic E-state index is 12.5. The van der Waals surface area contributed by atoms with Crippen LogP contribution >= 0.6 is 0 Å². The number of aromatic amines is 1. The summed E-state index contributed by atoms with van der Waals surface area (Å²) in [6.07, 6.45) is -3.35. The zero-order valence-electron chi connectivity index (χ0n) is 7.55. The maximum atomic E-state index is 12.5. The van der Waals surface area contributed by atoms with E-state index in [9.17, 15) is 13.2 Å². The molecule has 0 atom stereocenters. The maximum Gasteiger partial charge on any atom is 0.433 e. The first-order chi connectivity index (χ1) is 7.09. The van der Waals surface area contributed by atoms with Gasteiger partial charge in [-0.15, -0.1) is 0 Å². The highest BCUT2D eigenvalue weighted by Gasteiger charge is 2.35. The first-order valence-electron chi connectivity index (χ1n) is 4.25. The Morgan fingerprint density at radius 1 is 1.07 bits per heavy atom. The number of hydrogen-bond donors (Lipinski definition) is 1. The Kier molecular flexibility index (Phi) is 2.22. The van der Waals surface area contributed by atoms with Crippen LogP contribution < -0.4 is 0 Å². The minimum atomic E-state index is -4.40. The zero-order chi connectivity index (χ0) is 10.9. The van der Waals surface area contributed by atoms with Gasteiger partial charge in [0.05, 0.1) is 6.33 Å². The first-order valence-corrected chi connectivity index (χ1v) is 4.25. The summed E-state index contributed by atoms with van der Waals surface area (Å²) in [5, 5.41) is 0. The molecule has 0 bridgehead atoms. The quantitative estimate of drug-likeness (QED) is 0.773. The van der Waals surface area contributed by atoms with Crippen LogP contribution in [0.2, 0.25) is 0 Å². The van der Waals surface area contributed by atoms with Crippen molar-refractivity contribution in [3.63, 3.8) is 0 Å². The number of H-pyrrole nitrogens is 1. The predicted molar refractivity (Wildman–Crippen MR) is 49.0 cm³/mol. The molecule has 15 heavy (non-hydrogen) atoms. The highest BCUT2D eigenvalue weighted by atomic mass is 19.4. The summed E-state index contributed by atoms with van der Waals surface area (Å²) >= 11 is 0. The Bertz CT molecular complexity index is 445. The third-order valence-corrected chi connectivity index (χ3v) is 1.97. The molecule has 0 aliphatic carbocycles. The van der Waals surface area contributed by atoms with Gasteiger partial charge >= 0.3 is 6.18 Å². The van der Waals surface area contributed by atoms with Gasteiger partial charge < -0.3 is 4.98 Å². The second kappa shape index (κ2) is 3.42. The van der Waals surface area contributed by atoms with Crippen LogP contribution in [0.1, 0.15) is 5.69 Å². The van der Waals surface area contributed by atoms with E-state index in [1.807, 2.05) is 0 Å². The number of nitrogens with zero attached hydrogens (tertiary/aromatic N) is 1. The second-order valence-corrected chi connectivity index (χ2v) is 2.99. The van der Waals surface area contributed by atoms with Gasteiger partial charge in [0.25, 0.3) is 0 Å². The Morgan fingerprint density at radius 2 is 1.73 bits per heavy atom. The van der Waals surface area contributed by atoms with Crippen molar-refractivity contribution in [2.75, 3.05) is 0 Å². The van der Waals surface area contributed by atoms with Crippen molar-refractivity contribution < 1.29 is 13.2 Å². The van der Waals surface area contributed by atoms with E-state index in [1.165, 1.54) is 0 Å². The molecule has 0 aliphatic rings. The summed E-state index contributed by atoms with van der Waals surface area (Å²) in [6, 6.07) is 8.26. The lowest BCUT2D eigenvalue weighted by molar-refractivity contribution is -0.140. The van der Waals surface area contributed by atoms with Crippen molar-refractivity contribution in [2.24, 2.45) is 0 Å². The fraction of sp³-hybridized carbons (Fsp3) is 0.100. The van der Waals surface area contributed by atoms with Crippen molar-refractivity contribution in [1.29, 1.82) is 0 Å². The van der Waals surface area contributed by atoms with Gasteiger partial charge in [-0.3, -0.25) is 0 Å². The number of hydrogen-bond acceptors (Lipinski definition) is 1. The SMILES string of the molecule is FC(F)(F)c1[nH]cnc1-c1ccccc1. The van der Waals surface area contributed by atoms with Gasteiger partial charge in [-0.05, 0) is 0 Å². The van der Waals surface area contributed by atoms with E-state index >= 15 is 0 Å². The van der Waals surface area contributed by atoms with Crippen LogP contribution in [-0.2, 0) is 6.18 Å². The summed E-state index contributed by atoms with van der Waals surface area (Å²) in [5.41, 5.74) is -0.428. The van der Waals surface area contributed by atoms with Crippen LogP contribution in [0.25, 0.3) is 11.3 Å². The van der Waals surface area contributed by atoms with Gasteiger partial charge in [-0.1, -0.05) is 30.3 Å². The van der Waals surface area contributed by atoms with E-state index in [1.54, 1.807) is 30.3 Å². The van der Waals surface area contributed by atoms with Crippen molar-refractivity contribution in [1.82, 2.24) is 9.97 Å². The van der Waals surface area contributed by atoms with Crippen LogP contribution in [0, 0.1) is 0 Å². The van der Waals surface area contributed by atoms with E-state index in [0.29, 0.717) is 5.56 Å². The molecule has 0 spiro atoms. The van der Waals surface area contributed by atoms with Gasteiger partial charge in [0.1, 0.15) is 11.4 Å². The number of halogens is 3. The average molecular weight is 212 g/mol. The van der Waals surface area contributed by atoms with Gasteiger partial charge in [0.15, 0.2) is 0 Å². The van der Waals surface area contributed by atoms with Crippen LogP contribution in [0.15, 0.2) is 36.7 Å². The molecule has 0 radical (unpaired) electrons. The van der Waals surface area contributed by atoms with Crippen molar-refractivity contribution >= 4 is 0 Å². The molecular weight excluding hydrogens is 205 g/mol.